The second-order valence-electron chi connectivity index (χ2n) is 5.79. The first-order valence-corrected chi connectivity index (χ1v) is 7.77. The Kier molecular flexibility index (Phi) is 4.48. The molecule has 4 nitrogen and oxygen atoms in total. The van der Waals surface area contributed by atoms with Crippen LogP contribution in [0.25, 0.3) is 0 Å². The second-order valence-corrected chi connectivity index (χ2v) is 6.85. The van der Waals surface area contributed by atoms with Crippen LogP contribution in [0, 0.1) is 0 Å². The van der Waals surface area contributed by atoms with E-state index in [9.17, 15) is 5.11 Å². The molecule has 0 radical (unpaired) electrons. The van der Waals surface area contributed by atoms with Crippen LogP contribution in [0.4, 0.5) is 5.13 Å². The van der Waals surface area contributed by atoms with Crippen molar-refractivity contribution in [1.82, 2.24) is 4.98 Å². The van der Waals surface area contributed by atoms with E-state index in [1.54, 1.807) is 11.3 Å². The number of anilines is 1. The van der Waals surface area contributed by atoms with Crippen molar-refractivity contribution in [1.29, 1.82) is 0 Å². The van der Waals surface area contributed by atoms with Crippen molar-refractivity contribution in [2.45, 2.75) is 52.2 Å². The highest BCUT2D eigenvalue weighted by Gasteiger charge is 2.33. The number of nitrogens with zero attached hydrogens (tertiary/aromatic N) is 2. The van der Waals surface area contributed by atoms with Gasteiger partial charge in [-0.05, 0) is 26.2 Å². The van der Waals surface area contributed by atoms with Gasteiger partial charge in [-0.25, -0.2) is 4.98 Å². The van der Waals surface area contributed by atoms with Gasteiger partial charge in [0, 0.05) is 6.54 Å². The molecular formula is C14H24N2O2S. The lowest BCUT2D eigenvalue weighted by molar-refractivity contribution is 0.0643. The van der Waals surface area contributed by atoms with Crippen molar-refractivity contribution in [2.75, 3.05) is 24.7 Å². The molecule has 5 heteroatoms. The largest absolute Gasteiger partial charge is 0.391 e. The van der Waals surface area contributed by atoms with Crippen molar-refractivity contribution < 1.29 is 9.84 Å². The van der Waals surface area contributed by atoms with E-state index in [0.29, 0.717) is 5.92 Å². The van der Waals surface area contributed by atoms with Gasteiger partial charge in [0.1, 0.15) is 0 Å². The van der Waals surface area contributed by atoms with Gasteiger partial charge in [0.05, 0.1) is 35.9 Å². The first kappa shape index (κ1) is 14.8. The predicted molar refractivity (Wildman–Crippen MR) is 79.0 cm³/mol. The zero-order chi connectivity index (χ0) is 14.0. The summed E-state index contributed by atoms with van der Waals surface area (Å²) in [5.41, 5.74) is 1.03. The van der Waals surface area contributed by atoms with Gasteiger partial charge < -0.3 is 14.7 Å². The minimum atomic E-state index is -0.0322. The maximum atomic E-state index is 9.53. The van der Waals surface area contributed by atoms with Gasteiger partial charge in [0.15, 0.2) is 5.13 Å². The second kappa shape index (κ2) is 5.77. The van der Waals surface area contributed by atoms with Gasteiger partial charge in [-0.2, -0.15) is 0 Å². The molecule has 1 atom stereocenters. The average molecular weight is 284 g/mol. The molecule has 1 aromatic heterocycles. The molecule has 1 aliphatic heterocycles. The molecule has 1 fully saturated rings. The Morgan fingerprint density at radius 1 is 1.53 bits per heavy atom. The lowest BCUT2D eigenvalue weighted by Crippen LogP contribution is -2.53. The van der Waals surface area contributed by atoms with E-state index in [2.05, 4.69) is 32.6 Å². The summed E-state index contributed by atoms with van der Waals surface area (Å²) in [5, 5.41) is 10.6. The van der Waals surface area contributed by atoms with Crippen LogP contribution in [0.5, 0.6) is 0 Å². The Hall–Kier alpha value is -0.650. The third-order valence-electron chi connectivity index (χ3n) is 3.82. The Morgan fingerprint density at radius 2 is 2.26 bits per heavy atom. The molecule has 0 spiro atoms. The Balaban J connectivity index is 2.32. The molecule has 1 unspecified atom stereocenters. The van der Waals surface area contributed by atoms with Crippen molar-refractivity contribution in [3.05, 3.63) is 10.6 Å². The molecule has 0 aliphatic carbocycles. The summed E-state index contributed by atoms with van der Waals surface area (Å²) in [5.74, 6) is 0.399. The molecule has 0 bridgehead atoms. The number of aromatic nitrogens is 1. The lowest BCUT2D eigenvalue weighted by atomic mass is 10.0. The summed E-state index contributed by atoms with van der Waals surface area (Å²) in [7, 11) is 0. The number of aliphatic hydroxyl groups is 1. The normalized spacial score (nSPS) is 20.6. The van der Waals surface area contributed by atoms with Crippen LogP contribution in [0.1, 0.15) is 50.6 Å². The lowest BCUT2D eigenvalue weighted by Gasteiger charge is -2.42. The van der Waals surface area contributed by atoms with Crippen molar-refractivity contribution in [2.24, 2.45) is 0 Å². The van der Waals surface area contributed by atoms with Gasteiger partial charge in [-0.3, -0.25) is 0 Å². The van der Waals surface area contributed by atoms with Crippen molar-refractivity contribution >= 4 is 16.5 Å². The minimum Gasteiger partial charge on any atom is -0.391 e. The number of hydrogen-bond donors (Lipinski definition) is 1. The fourth-order valence-corrected chi connectivity index (χ4v) is 3.60. The Labute approximate surface area is 119 Å². The summed E-state index contributed by atoms with van der Waals surface area (Å²) >= 11 is 1.62. The predicted octanol–water partition coefficient (Wildman–Crippen LogP) is 2.76. The van der Waals surface area contributed by atoms with Crippen molar-refractivity contribution in [3.63, 3.8) is 0 Å². The number of morpholine rings is 1. The molecule has 108 valence electrons. The highest BCUT2D eigenvalue weighted by atomic mass is 32.1. The van der Waals surface area contributed by atoms with Crippen molar-refractivity contribution in [3.8, 4) is 0 Å². The van der Waals surface area contributed by atoms with E-state index in [-0.39, 0.29) is 12.1 Å². The summed E-state index contributed by atoms with van der Waals surface area (Å²) in [6, 6.07) is 0. The number of aliphatic hydroxyl groups excluding tert-OH is 1. The molecule has 2 heterocycles. The number of rotatable bonds is 4. The molecule has 1 saturated heterocycles. The van der Waals surface area contributed by atoms with E-state index in [1.807, 2.05) is 0 Å². The fourth-order valence-electron chi connectivity index (χ4n) is 2.37. The standard InChI is InChI=1S/C14H24N2O2S/c1-5-10(2)12-11(8-17)19-13(15-12)16-6-7-18-9-14(16,3)4/h10,17H,5-9H2,1-4H3. The molecule has 0 amide bonds. The van der Waals surface area contributed by atoms with Crippen LogP contribution in [-0.2, 0) is 11.3 Å². The monoisotopic (exact) mass is 284 g/mol. The van der Waals surface area contributed by atoms with Crippen LogP contribution in [0.2, 0.25) is 0 Å². The SMILES string of the molecule is CCC(C)c1nc(N2CCOCC2(C)C)sc1CO. The molecule has 19 heavy (non-hydrogen) atoms. The first-order chi connectivity index (χ1) is 8.99. The average Bonchev–Trinajstić information content (AvgIpc) is 2.81. The molecule has 0 aromatic carbocycles. The highest BCUT2D eigenvalue weighted by Crippen LogP contribution is 2.35. The quantitative estimate of drug-likeness (QED) is 0.923. The number of thiazole rings is 1. The van der Waals surface area contributed by atoms with Crippen LogP contribution in [0.3, 0.4) is 0 Å². The number of ether oxygens (including phenoxy) is 1. The Morgan fingerprint density at radius 3 is 2.84 bits per heavy atom. The zero-order valence-corrected chi connectivity index (χ0v) is 13.1. The van der Waals surface area contributed by atoms with Gasteiger partial charge in [-0.1, -0.05) is 25.2 Å². The maximum absolute atomic E-state index is 9.53. The summed E-state index contributed by atoms with van der Waals surface area (Å²) < 4.78 is 5.55. The smallest absolute Gasteiger partial charge is 0.186 e. The number of hydrogen-bond acceptors (Lipinski definition) is 5. The minimum absolute atomic E-state index is 0.0322. The van der Waals surface area contributed by atoms with E-state index in [0.717, 1.165) is 41.9 Å². The molecule has 0 saturated carbocycles. The van der Waals surface area contributed by atoms with Crippen LogP contribution >= 0.6 is 11.3 Å². The molecular weight excluding hydrogens is 260 g/mol. The first-order valence-electron chi connectivity index (χ1n) is 6.95. The summed E-state index contributed by atoms with van der Waals surface area (Å²) in [6.45, 7) is 11.1. The third kappa shape index (κ3) is 2.93. The molecule has 1 aromatic rings. The van der Waals surface area contributed by atoms with Crippen LogP contribution in [-0.4, -0.2) is 35.4 Å². The Bertz CT molecular complexity index is 431. The van der Waals surface area contributed by atoms with Gasteiger partial charge in [-0.15, -0.1) is 0 Å². The van der Waals surface area contributed by atoms with Gasteiger partial charge in [0.25, 0.3) is 0 Å². The van der Waals surface area contributed by atoms with Crippen LogP contribution in [0.15, 0.2) is 0 Å². The topological polar surface area (TPSA) is 45.6 Å². The van der Waals surface area contributed by atoms with Crippen LogP contribution < -0.4 is 4.90 Å². The molecule has 1 N–H and O–H groups in total. The summed E-state index contributed by atoms with van der Waals surface area (Å²) in [6.07, 6.45) is 1.04. The van der Waals surface area contributed by atoms with E-state index >= 15 is 0 Å². The van der Waals surface area contributed by atoms with E-state index < -0.39 is 0 Å². The zero-order valence-electron chi connectivity index (χ0n) is 12.3. The third-order valence-corrected chi connectivity index (χ3v) is 4.89. The van der Waals surface area contributed by atoms with Gasteiger partial charge >= 0.3 is 0 Å². The molecule has 2 rings (SSSR count). The maximum Gasteiger partial charge on any atom is 0.186 e. The fraction of sp³-hybridized carbons (Fsp3) is 0.786. The van der Waals surface area contributed by atoms with E-state index in [4.69, 9.17) is 9.72 Å². The summed E-state index contributed by atoms with van der Waals surface area (Å²) in [4.78, 5) is 8.12. The molecule has 1 aliphatic rings. The van der Waals surface area contributed by atoms with E-state index in [1.165, 1.54) is 0 Å². The van der Waals surface area contributed by atoms with Gasteiger partial charge in [0.2, 0.25) is 0 Å². The highest BCUT2D eigenvalue weighted by molar-refractivity contribution is 7.15.